The SMILES string of the molecule is CC(C)CN(CC(=O)O)C(=O)NCCC(=O)N1CCCC1. The zero-order valence-electron chi connectivity index (χ0n) is 12.8. The van der Waals surface area contributed by atoms with Crippen molar-refractivity contribution >= 4 is 17.9 Å². The molecule has 7 nitrogen and oxygen atoms in total. The van der Waals surface area contributed by atoms with E-state index in [9.17, 15) is 14.4 Å². The summed E-state index contributed by atoms with van der Waals surface area (Å²) in [5.41, 5.74) is 0. The highest BCUT2D eigenvalue weighted by atomic mass is 16.4. The van der Waals surface area contributed by atoms with Crippen LogP contribution >= 0.6 is 0 Å². The number of nitrogens with zero attached hydrogens (tertiary/aromatic N) is 2. The zero-order chi connectivity index (χ0) is 15.8. The predicted octanol–water partition coefficient (Wildman–Crippen LogP) is 0.751. The molecule has 0 unspecified atom stereocenters. The van der Waals surface area contributed by atoms with Gasteiger partial charge in [0.2, 0.25) is 5.91 Å². The van der Waals surface area contributed by atoms with E-state index in [0.29, 0.717) is 6.54 Å². The van der Waals surface area contributed by atoms with Gasteiger partial charge >= 0.3 is 12.0 Å². The second-order valence-electron chi connectivity index (χ2n) is 5.74. The minimum atomic E-state index is -1.04. The lowest BCUT2D eigenvalue weighted by Crippen LogP contribution is -2.45. The van der Waals surface area contributed by atoms with Crippen LogP contribution in [0.4, 0.5) is 4.79 Å². The summed E-state index contributed by atoms with van der Waals surface area (Å²) >= 11 is 0. The van der Waals surface area contributed by atoms with E-state index in [1.807, 2.05) is 13.8 Å². The predicted molar refractivity (Wildman–Crippen MR) is 77.9 cm³/mol. The molecule has 0 aromatic rings. The number of carboxylic acid groups (broad SMARTS) is 1. The number of aliphatic carboxylic acids is 1. The normalized spacial score (nSPS) is 14.3. The molecule has 2 N–H and O–H groups in total. The molecule has 3 amide bonds. The van der Waals surface area contributed by atoms with Gasteiger partial charge in [0.15, 0.2) is 0 Å². The second kappa shape index (κ2) is 8.49. The van der Waals surface area contributed by atoms with Crippen LogP contribution in [0.3, 0.4) is 0 Å². The molecule has 0 atom stereocenters. The van der Waals surface area contributed by atoms with Crippen LogP contribution in [0.15, 0.2) is 0 Å². The smallest absolute Gasteiger partial charge is 0.323 e. The maximum Gasteiger partial charge on any atom is 0.323 e. The first-order valence-corrected chi connectivity index (χ1v) is 7.42. The van der Waals surface area contributed by atoms with Gasteiger partial charge in [-0.25, -0.2) is 4.79 Å². The highest BCUT2D eigenvalue weighted by molar-refractivity contribution is 5.81. The van der Waals surface area contributed by atoms with Crippen molar-refractivity contribution < 1.29 is 19.5 Å². The number of likely N-dealkylation sites (tertiary alicyclic amines) is 1. The highest BCUT2D eigenvalue weighted by Crippen LogP contribution is 2.08. The largest absolute Gasteiger partial charge is 0.480 e. The van der Waals surface area contributed by atoms with Crippen LogP contribution in [0.5, 0.6) is 0 Å². The van der Waals surface area contributed by atoms with Crippen molar-refractivity contribution in [2.24, 2.45) is 5.92 Å². The van der Waals surface area contributed by atoms with Crippen LogP contribution < -0.4 is 5.32 Å². The van der Waals surface area contributed by atoms with E-state index < -0.39 is 12.0 Å². The van der Waals surface area contributed by atoms with Crippen LogP contribution in [0.25, 0.3) is 0 Å². The van der Waals surface area contributed by atoms with Gasteiger partial charge in [0.05, 0.1) is 0 Å². The molecule has 0 aromatic heterocycles. The fourth-order valence-corrected chi connectivity index (χ4v) is 2.34. The van der Waals surface area contributed by atoms with Crippen molar-refractivity contribution in [2.45, 2.75) is 33.1 Å². The van der Waals surface area contributed by atoms with Gasteiger partial charge in [-0.05, 0) is 18.8 Å². The van der Waals surface area contributed by atoms with E-state index in [4.69, 9.17) is 5.11 Å². The van der Waals surface area contributed by atoms with Crippen molar-refractivity contribution in [1.82, 2.24) is 15.1 Å². The van der Waals surface area contributed by atoms with Gasteiger partial charge in [-0.2, -0.15) is 0 Å². The van der Waals surface area contributed by atoms with Gasteiger partial charge in [0.1, 0.15) is 6.54 Å². The van der Waals surface area contributed by atoms with E-state index in [2.05, 4.69) is 5.32 Å². The Morgan fingerprint density at radius 1 is 1.24 bits per heavy atom. The summed E-state index contributed by atoms with van der Waals surface area (Å²) in [5, 5.41) is 11.4. The standard InChI is InChI=1S/C14H25N3O4/c1-11(2)9-17(10-13(19)20)14(21)15-6-5-12(18)16-7-3-4-8-16/h11H,3-10H2,1-2H3,(H,15,21)(H,19,20). The molecule has 1 heterocycles. The Morgan fingerprint density at radius 2 is 1.86 bits per heavy atom. The van der Waals surface area contributed by atoms with Gasteiger partial charge in [-0.1, -0.05) is 13.8 Å². The Labute approximate surface area is 125 Å². The topological polar surface area (TPSA) is 90.0 Å². The molecule has 0 saturated carbocycles. The number of hydrogen-bond acceptors (Lipinski definition) is 3. The first-order valence-electron chi connectivity index (χ1n) is 7.42. The van der Waals surface area contributed by atoms with Gasteiger partial charge in [-0.15, -0.1) is 0 Å². The zero-order valence-corrected chi connectivity index (χ0v) is 12.8. The number of rotatable bonds is 7. The van der Waals surface area contributed by atoms with Crippen molar-refractivity contribution in [1.29, 1.82) is 0 Å². The van der Waals surface area contributed by atoms with Crippen LogP contribution in [0.1, 0.15) is 33.1 Å². The molecule has 1 aliphatic rings. The molecule has 0 spiro atoms. The first-order chi connectivity index (χ1) is 9.90. The molecular weight excluding hydrogens is 274 g/mol. The number of carbonyl (C=O) groups is 3. The van der Waals surface area contributed by atoms with Crippen LogP contribution in [-0.2, 0) is 9.59 Å². The summed E-state index contributed by atoms with van der Waals surface area (Å²) in [5.74, 6) is -0.818. The maximum atomic E-state index is 11.9. The molecule has 1 fully saturated rings. The second-order valence-corrected chi connectivity index (χ2v) is 5.74. The van der Waals surface area contributed by atoms with Crippen molar-refractivity contribution in [2.75, 3.05) is 32.7 Å². The molecule has 7 heteroatoms. The van der Waals surface area contributed by atoms with Crippen molar-refractivity contribution in [3.63, 3.8) is 0 Å². The molecule has 0 bridgehead atoms. The summed E-state index contributed by atoms with van der Waals surface area (Å²) in [4.78, 5) is 37.6. The molecule has 0 aliphatic carbocycles. The fraction of sp³-hybridized carbons (Fsp3) is 0.786. The summed E-state index contributed by atoms with van der Waals surface area (Å²) in [7, 11) is 0. The Morgan fingerprint density at radius 3 is 2.38 bits per heavy atom. The Hall–Kier alpha value is -1.79. The summed E-state index contributed by atoms with van der Waals surface area (Å²) in [6.07, 6.45) is 2.34. The number of amides is 3. The highest BCUT2D eigenvalue weighted by Gasteiger charge is 2.20. The summed E-state index contributed by atoms with van der Waals surface area (Å²) in [6, 6.07) is -0.430. The Balaban J connectivity index is 2.34. The van der Waals surface area contributed by atoms with Crippen LogP contribution in [-0.4, -0.2) is 65.5 Å². The molecule has 1 rings (SSSR count). The quantitative estimate of drug-likeness (QED) is 0.726. The summed E-state index contributed by atoms with van der Waals surface area (Å²) < 4.78 is 0. The molecule has 1 saturated heterocycles. The van der Waals surface area contributed by atoms with E-state index in [-0.39, 0.29) is 31.3 Å². The van der Waals surface area contributed by atoms with E-state index in [0.717, 1.165) is 25.9 Å². The molecule has 120 valence electrons. The fourth-order valence-electron chi connectivity index (χ4n) is 2.34. The average molecular weight is 299 g/mol. The number of urea groups is 1. The van der Waals surface area contributed by atoms with Gasteiger partial charge in [0, 0.05) is 32.6 Å². The maximum absolute atomic E-state index is 11.9. The molecule has 1 aliphatic heterocycles. The van der Waals surface area contributed by atoms with E-state index >= 15 is 0 Å². The minimum Gasteiger partial charge on any atom is -0.480 e. The van der Waals surface area contributed by atoms with Crippen LogP contribution in [0.2, 0.25) is 0 Å². The Bertz CT molecular complexity index is 378. The van der Waals surface area contributed by atoms with Gasteiger partial charge in [-0.3, -0.25) is 9.59 Å². The number of carboxylic acids is 1. The number of nitrogens with one attached hydrogen (secondary N) is 1. The van der Waals surface area contributed by atoms with Crippen LogP contribution in [0, 0.1) is 5.92 Å². The molecular formula is C14H25N3O4. The lowest BCUT2D eigenvalue weighted by Gasteiger charge is -2.23. The minimum absolute atomic E-state index is 0.0430. The number of carbonyl (C=O) groups excluding carboxylic acids is 2. The third kappa shape index (κ3) is 6.46. The lowest BCUT2D eigenvalue weighted by molar-refractivity contribution is -0.137. The third-order valence-corrected chi connectivity index (χ3v) is 3.27. The van der Waals surface area contributed by atoms with Crippen molar-refractivity contribution in [3.05, 3.63) is 0 Å². The average Bonchev–Trinajstić information content (AvgIpc) is 2.90. The molecule has 0 aromatic carbocycles. The molecule has 0 radical (unpaired) electrons. The van der Waals surface area contributed by atoms with E-state index in [1.165, 1.54) is 4.90 Å². The van der Waals surface area contributed by atoms with Crippen molar-refractivity contribution in [3.8, 4) is 0 Å². The third-order valence-electron chi connectivity index (χ3n) is 3.27. The number of hydrogen-bond donors (Lipinski definition) is 2. The van der Waals surface area contributed by atoms with E-state index in [1.54, 1.807) is 4.90 Å². The Kier molecular flexibility index (Phi) is 6.98. The monoisotopic (exact) mass is 299 g/mol. The lowest BCUT2D eigenvalue weighted by atomic mass is 10.2. The van der Waals surface area contributed by atoms with Gasteiger partial charge < -0.3 is 20.2 Å². The van der Waals surface area contributed by atoms with Gasteiger partial charge in [0.25, 0.3) is 0 Å². The summed E-state index contributed by atoms with van der Waals surface area (Å²) in [6.45, 7) is 5.71. The molecule has 21 heavy (non-hydrogen) atoms. The first kappa shape index (κ1) is 17.3.